The molecule has 0 spiro atoms. The molecule has 0 bridgehead atoms. The van der Waals surface area contributed by atoms with Crippen LogP contribution in [0, 0.1) is 5.92 Å². The molecule has 0 saturated carbocycles. The number of likely N-dealkylation sites (tertiary alicyclic amines) is 2. The molecule has 4 heteroatoms. The summed E-state index contributed by atoms with van der Waals surface area (Å²) < 4.78 is 0. The van der Waals surface area contributed by atoms with Crippen LogP contribution in [0.2, 0.25) is 0 Å². The van der Waals surface area contributed by atoms with Crippen molar-refractivity contribution in [3.63, 3.8) is 0 Å². The van der Waals surface area contributed by atoms with Crippen molar-refractivity contribution in [1.29, 1.82) is 0 Å². The number of aliphatic hydroxyl groups is 1. The molecular formula is C11H20N2O2. The van der Waals surface area contributed by atoms with Crippen molar-refractivity contribution in [2.24, 2.45) is 5.92 Å². The van der Waals surface area contributed by atoms with E-state index in [0.717, 1.165) is 32.4 Å². The molecule has 86 valence electrons. The van der Waals surface area contributed by atoms with Crippen molar-refractivity contribution in [2.45, 2.75) is 32.3 Å². The van der Waals surface area contributed by atoms with E-state index in [9.17, 15) is 9.90 Å². The third kappa shape index (κ3) is 2.25. The molecule has 0 aromatic heterocycles. The Kier molecular flexibility index (Phi) is 3.14. The normalized spacial score (nSPS) is 32.1. The summed E-state index contributed by atoms with van der Waals surface area (Å²) in [7, 11) is 0. The molecule has 0 aromatic carbocycles. The van der Waals surface area contributed by atoms with Gasteiger partial charge >= 0.3 is 6.03 Å². The van der Waals surface area contributed by atoms with Crippen molar-refractivity contribution in [1.82, 2.24) is 9.80 Å². The average molecular weight is 212 g/mol. The Morgan fingerprint density at radius 3 is 2.47 bits per heavy atom. The lowest BCUT2D eigenvalue weighted by molar-refractivity contribution is 0.0418. The standard InChI is InChI=1S/C11H20N2O2/c1-9-8-13(7-4-10(9)14)11(15)12-5-2-3-6-12/h9-10,14H,2-8H2,1H3. The highest BCUT2D eigenvalue weighted by Crippen LogP contribution is 2.19. The quantitative estimate of drug-likeness (QED) is 0.648. The largest absolute Gasteiger partial charge is 0.393 e. The van der Waals surface area contributed by atoms with Gasteiger partial charge in [0.05, 0.1) is 6.10 Å². The van der Waals surface area contributed by atoms with Crippen LogP contribution in [0.15, 0.2) is 0 Å². The van der Waals surface area contributed by atoms with Gasteiger partial charge in [-0.15, -0.1) is 0 Å². The Morgan fingerprint density at radius 2 is 1.87 bits per heavy atom. The second kappa shape index (κ2) is 4.39. The summed E-state index contributed by atoms with van der Waals surface area (Å²) in [5.41, 5.74) is 0. The van der Waals surface area contributed by atoms with E-state index < -0.39 is 0 Å². The topological polar surface area (TPSA) is 43.8 Å². The summed E-state index contributed by atoms with van der Waals surface area (Å²) in [6.45, 7) is 5.24. The maximum atomic E-state index is 12.0. The molecule has 0 aliphatic carbocycles. The van der Waals surface area contributed by atoms with Gasteiger partial charge in [-0.1, -0.05) is 6.92 Å². The number of aliphatic hydroxyl groups excluding tert-OH is 1. The minimum absolute atomic E-state index is 0.172. The van der Waals surface area contributed by atoms with E-state index >= 15 is 0 Å². The fourth-order valence-electron chi connectivity index (χ4n) is 2.42. The summed E-state index contributed by atoms with van der Waals surface area (Å²) in [4.78, 5) is 15.8. The van der Waals surface area contributed by atoms with E-state index in [1.54, 1.807) is 0 Å². The lowest BCUT2D eigenvalue weighted by atomic mass is 9.97. The molecule has 2 heterocycles. The van der Waals surface area contributed by atoms with Crippen LogP contribution >= 0.6 is 0 Å². The zero-order valence-corrected chi connectivity index (χ0v) is 9.35. The molecule has 2 fully saturated rings. The van der Waals surface area contributed by atoms with Crippen LogP contribution in [0.25, 0.3) is 0 Å². The van der Waals surface area contributed by atoms with Crippen molar-refractivity contribution < 1.29 is 9.90 Å². The van der Waals surface area contributed by atoms with Gasteiger partial charge in [0.2, 0.25) is 0 Å². The Bertz CT molecular complexity index is 239. The number of nitrogens with zero attached hydrogens (tertiary/aromatic N) is 2. The van der Waals surface area contributed by atoms with Crippen LogP contribution in [0.3, 0.4) is 0 Å². The summed E-state index contributed by atoms with van der Waals surface area (Å²) in [5, 5.41) is 9.59. The zero-order chi connectivity index (χ0) is 10.8. The molecule has 2 aliphatic heterocycles. The van der Waals surface area contributed by atoms with E-state index in [1.165, 1.54) is 0 Å². The van der Waals surface area contributed by atoms with Crippen LogP contribution in [0.4, 0.5) is 4.79 Å². The molecule has 2 saturated heterocycles. The molecule has 2 atom stereocenters. The third-order valence-corrected chi connectivity index (χ3v) is 3.51. The van der Waals surface area contributed by atoms with Crippen molar-refractivity contribution in [2.75, 3.05) is 26.2 Å². The van der Waals surface area contributed by atoms with Crippen LogP contribution in [-0.2, 0) is 0 Å². The van der Waals surface area contributed by atoms with Gasteiger partial charge in [0.25, 0.3) is 0 Å². The zero-order valence-electron chi connectivity index (χ0n) is 9.35. The SMILES string of the molecule is CC1CN(C(=O)N2CCCC2)CCC1O. The minimum atomic E-state index is -0.229. The summed E-state index contributed by atoms with van der Waals surface area (Å²) in [5.74, 6) is 0.213. The number of carbonyl (C=O) groups is 1. The predicted octanol–water partition coefficient (Wildman–Crippen LogP) is 0.905. The van der Waals surface area contributed by atoms with Gasteiger partial charge in [0, 0.05) is 26.2 Å². The molecule has 0 aromatic rings. The Morgan fingerprint density at radius 1 is 1.20 bits per heavy atom. The van der Waals surface area contributed by atoms with Crippen LogP contribution < -0.4 is 0 Å². The van der Waals surface area contributed by atoms with Crippen LogP contribution in [-0.4, -0.2) is 53.2 Å². The van der Waals surface area contributed by atoms with E-state index in [-0.39, 0.29) is 18.1 Å². The highest BCUT2D eigenvalue weighted by Gasteiger charge is 2.30. The van der Waals surface area contributed by atoms with Gasteiger partial charge in [-0.05, 0) is 25.2 Å². The molecule has 4 nitrogen and oxygen atoms in total. The van der Waals surface area contributed by atoms with Gasteiger partial charge in [-0.3, -0.25) is 0 Å². The average Bonchev–Trinajstić information content (AvgIpc) is 2.74. The van der Waals surface area contributed by atoms with Crippen molar-refractivity contribution in [3.8, 4) is 0 Å². The number of amides is 2. The van der Waals surface area contributed by atoms with Crippen molar-refractivity contribution >= 4 is 6.03 Å². The number of carbonyl (C=O) groups excluding carboxylic acids is 1. The number of urea groups is 1. The number of piperidine rings is 1. The minimum Gasteiger partial charge on any atom is -0.393 e. The lowest BCUT2D eigenvalue weighted by Gasteiger charge is -2.36. The highest BCUT2D eigenvalue weighted by molar-refractivity contribution is 5.74. The molecular weight excluding hydrogens is 192 g/mol. The number of rotatable bonds is 0. The fraction of sp³-hybridized carbons (Fsp3) is 0.909. The second-order valence-electron chi connectivity index (χ2n) is 4.76. The lowest BCUT2D eigenvalue weighted by Crippen LogP contribution is -2.49. The molecule has 2 amide bonds. The molecule has 2 unspecified atom stereocenters. The fourth-order valence-corrected chi connectivity index (χ4v) is 2.42. The van der Waals surface area contributed by atoms with E-state index in [0.29, 0.717) is 13.1 Å². The first-order chi connectivity index (χ1) is 7.18. The first kappa shape index (κ1) is 10.7. The second-order valence-corrected chi connectivity index (χ2v) is 4.76. The van der Waals surface area contributed by atoms with Gasteiger partial charge in [0.15, 0.2) is 0 Å². The van der Waals surface area contributed by atoms with E-state index in [2.05, 4.69) is 0 Å². The summed E-state index contributed by atoms with van der Waals surface area (Å²) in [6.07, 6.45) is 2.77. The Hall–Kier alpha value is -0.770. The van der Waals surface area contributed by atoms with Gasteiger partial charge in [0.1, 0.15) is 0 Å². The molecule has 1 N–H and O–H groups in total. The molecule has 0 radical (unpaired) electrons. The van der Waals surface area contributed by atoms with Gasteiger partial charge in [-0.25, -0.2) is 4.79 Å². The monoisotopic (exact) mass is 212 g/mol. The van der Waals surface area contributed by atoms with Crippen LogP contribution in [0.5, 0.6) is 0 Å². The third-order valence-electron chi connectivity index (χ3n) is 3.51. The first-order valence-electron chi connectivity index (χ1n) is 5.90. The summed E-state index contributed by atoms with van der Waals surface area (Å²) in [6, 6.07) is 0.172. The van der Waals surface area contributed by atoms with Gasteiger partial charge < -0.3 is 14.9 Å². The number of hydrogen-bond acceptors (Lipinski definition) is 2. The molecule has 2 rings (SSSR count). The predicted molar refractivity (Wildman–Crippen MR) is 57.6 cm³/mol. The maximum absolute atomic E-state index is 12.0. The molecule has 15 heavy (non-hydrogen) atoms. The van der Waals surface area contributed by atoms with E-state index in [4.69, 9.17) is 0 Å². The first-order valence-corrected chi connectivity index (χ1v) is 5.90. The number of hydrogen-bond donors (Lipinski definition) is 1. The Labute approximate surface area is 90.9 Å². The smallest absolute Gasteiger partial charge is 0.320 e. The van der Waals surface area contributed by atoms with Crippen molar-refractivity contribution in [3.05, 3.63) is 0 Å². The van der Waals surface area contributed by atoms with E-state index in [1.807, 2.05) is 16.7 Å². The van der Waals surface area contributed by atoms with Crippen LogP contribution in [0.1, 0.15) is 26.2 Å². The maximum Gasteiger partial charge on any atom is 0.320 e. The Balaban J connectivity index is 1.90. The summed E-state index contributed by atoms with van der Waals surface area (Å²) >= 11 is 0. The highest BCUT2D eigenvalue weighted by atomic mass is 16.3. The van der Waals surface area contributed by atoms with Gasteiger partial charge in [-0.2, -0.15) is 0 Å². The molecule has 2 aliphatic rings.